The summed E-state index contributed by atoms with van der Waals surface area (Å²) in [5.74, 6) is 1.87. The summed E-state index contributed by atoms with van der Waals surface area (Å²) in [6.45, 7) is 5.72. The molecule has 41 heavy (non-hydrogen) atoms. The van der Waals surface area contributed by atoms with Gasteiger partial charge >= 0.3 is 6.09 Å². The van der Waals surface area contributed by atoms with Gasteiger partial charge in [-0.25, -0.2) is 4.79 Å². The van der Waals surface area contributed by atoms with Gasteiger partial charge in [-0.2, -0.15) is 0 Å². The summed E-state index contributed by atoms with van der Waals surface area (Å²) >= 11 is 6.35. The molecule has 0 radical (unpaired) electrons. The minimum atomic E-state index is -0.422. The topological polar surface area (TPSA) is 76.3 Å². The molecule has 2 aliphatic heterocycles. The van der Waals surface area contributed by atoms with Gasteiger partial charge in [-0.05, 0) is 66.4 Å². The normalized spacial score (nSPS) is 17.3. The minimum absolute atomic E-state index is 0.363. The molecule has 2 aliphatic rings. The number of hydrogen-bond acceptors (Lipinski definition) is 6. The molecule has 1 fully saturated rings. The summed E-state index contributed by atoms with van der Waals surface area (Å²) in [7, 11) is 1.59. The summed E-state index contributed by atoms with van der Waals surface area (Å²) in [5.41, 5.74) is 4.09. The number of hydrogen-bond donors (Lipinski definition) is 1. The Kier molecular flexibility index (Phi) is 8.32. The second-order valence-corrected chi connectivity index (χ2v) is 10.8. The molecule has 0 aliphatic carbocycles. The number of ether oxygens (including phenoxy) is 4. The molecule has 0 spiro atoms. The Labute approximate surface area is 244 Å². The molecular formula is C32H34ClN3O5. The highest BCUT2D eigenvalue weighted by molar-refractivity contribution is 6.31. The van der Waals surface area contributed by atoms with Gasteiger partial charge in [0.05, 0.1) is 26.9 Å². The maximum Gasteiger partial charge on any atom is 0.416 e. The molecule has 4 aromatic rings. The van der Waals surface area contributed by atoms with Crippen molar-refractivity contribution in [3.05, 3.63) is 88.6 Å². The second-order valence-electron chi connectivity index (χ2n) is 10.3. The highest BCUT2D eigenvalue weighted by Crippen LogP contribution is 2.40. The van der Waals surface area contributed by atoms with Crippen molar-refractivity contribution in [3.63, 3.8) is 0 Å². The summed E-state index contributed by atoms with van der Waals surface area (Å²) in [6, 6.07) is 20.6. The molecule has 1 saturated heterocycles. The smallest absolute Gasteiger partial charge is 0.416 e. The lowest BCUT2D eigenvalue weighted by molar-refractivity contribution is 0.0358. The van der Waals surface area contributed by atoms with Crippen LogP contribution in [0.2, 0.25) is 5.02 Å². The van der Waals surface area contributed by atoms with Crippen LogP contribution < -0.4 is 14.2 Å². The molecule has 1 N–H and O–H groups in total. The molecule has 1 aromatic heterocycles. The number of methoxy groups -OCH3 is 1. The van der Waals surface area contributed by atoms with Crippen molar-refractivity contribution in [2.24, 2.45) is 0 Å². The van der Waals surface area contributed by atoms with Crippen molar-refractivity contribution < 1.29 is 23.7 Å². The van der Waals surface area contributed by atoms with Gasteiger partial charge in [0.15, 0.2) is 0 Å². The van der Waals surface area contributed by atoms with Crippen LogP contribution in [0.1, 0.15) is 29.3 Å². The maximum absolute atomic E-state index is 13.6. The van der Waals surface area contributed by atoms with Crippen LogP contribution in [0.3, 0.4) is 0 Å². The van der Waals surface area contributed by atoms with Crippen LogP contribution in [0, 0.1) is 0 Å². The van der Waals surface area contributed by atoms with Gasteiger partial charge in [0.1, 0.15) is 23.3 Å². The van der Waals surface area contributed by atoms with Gasteiger partial charge in [0.25, 0.3) is 0 Å². The number of aromatic nitrogens is 1. The first kappa shape index (κ1) is 27.4. The fraction of sp³-hybridized carbons (Fsp3) is 0.344. The zero-order valence-corrected chi connectivity index (χ0v) is 23.9. The Morgan fingerprint density at radius 2 is 1.80 bits per heavy atom. The molecule has 9 heteroatoms. The Balaban J connectivity index is 1.23. The Bertz CT molecular complexity index is 1500. The molecule has 1 unspecified atom stereocenters. The minimum Gasteiger partial charge on any atom is -0.497 e. The number of rotatable bonds is 8. The van der Waals surface area contributed by atoms with E-state index >= 15 is 0 Å². The number of carbonyl (C=O) groups is 1. The molecule has 6 rings (SSSR count). The number of benzene rings is 3. The fourth-order valence-electron chi connectivity index (χ4n) is 5.68. The molecular weight excluding hydrogens is 542 g/mol. The first-order chi connectivity index (χ1) is 20.1. The fourth-order valence-corrected chi connectivity index (χ4v) is 5.85. The van der Waals surface area contributed by atoms with Gasteiger partial charge in [0, 0.05) is 53.9 Å². The van der Waals surface area contributed by atoms with Crippen LogP contribution in [-0.4, -0.2) is 74.0 Å². The molecule has 1 amide bonds. The lowest BCUT2D eigenvalue weighted by atomic mass is 9.92. The molecule has 0 bridgehead atoms. The van der Waals surface area contributed by atoms with E-state index in [0.29, 0.717) is 36.1 Å². The third-order valence-corrected chi connectivity index (χ3v) is 7.99. The van der Waals surface area contributed by atoms with Crippen molar-refractivity contribution in [1.29, 1.82) is 0 Å². The summed E-state index contributed by atoms with van der Waals surface area (Å²) in [5, 5.41) is 1.77. The van der Waals surface area contributed by atoms with Crippen LogP contribution in [-0.2, 0) is 11.2 Å². The van der Waals surface area contributed by atoms with E-state index in [1.807, 2.05) is 48.5 Å². The van der Waals surface area contributed by atoms with E-state index in [-0.39, 0.29) is 6.04 Å². The molecule has 214 valence electrons. The standard InChI is InChI=1S/C32H34ClN3O5/c1-38-25-4-2-5-26(21-25)41-32(37)36-14-12-27-28-20-23(33)8-11-29(28)34-30(27)31(36)22-6-9-24(10-7-22)40-17-3-13-35-15-18-39-19-16-35/h2,4-11,20-21,31,34H,3,12-19H2,1H3. The van der Waals surface area contributed by atoms with E-state index in [1.54, 1.807) is 30.2 Å². The van der Waals surface area contributed by atoms with Crippen molar-refractivity contribution in [3.8, 4) is 17.2 Å². The van der Waals surface area contributed by atoms with E-state index in [4.69, 9.17) is 30.5 Å². The molecule has 3 heterocycles. The van der Waals surface area contributed by atoms with Crippen molar-refractivity contribution in [2.75, 3.05) is 53.1 Å². The van der Waals surface area contributed by atoms with Gasteiger partial charge in [-0.15, -0.1) is 0 Å². The quantitative estimate of drug-likeness (QED) is 0.257. The van der Waals surface area contributed by atoms with E-state index in [2.05, 4.69) is 9.88 Å². The monoisotopic (exact) mass is 575 g/mol. The SMILES string of the molecule is COc1cccc(OC(=O)N2CCc3c([nH]c4ccc(Cl)cc34)C2c2ccc(OCCCN3CCOCC3)cc2)c1. The first-order valence-electron chi connectivity index (χ1n) is 14.0. The van der Waals surface area contributed by atoms with E-state index in [9.17, 15) is 4.79 Å². The van der Waals surface area contributed by atoms with Gasteiger partial charge in [-0.1, -0.05) is 29.8 Å². The number of H-pyrrole nitrogens is 1. The lowest BCUT2D eigenvalue weighted by Crippen LogP contribution is -2.42. The average molecular weight is 576 g/mol. The molecule has 8 nitrogen and oxygen atoms in total. The van der Waals surface area contributed by atoms with Gasteiger partial charge in [-0.3, -0.25) is 9.80 Å². The number of halogens is 1. The van der Waals surface area contributed by atoms with Crippen molar-refractivity contribution in [2.45, 2.75) is 18.9 Å². The molecule has 3 aromatic carbocycles. The zero-order chi connectivity index (χ0) is 28.2. The van der Waals surface area contributed by atoms with Crippen LogP contribution in [0.4, 0.5) is 4.79 Å². The predicted molar refractivity (Wildman–Crippen MR) is 158 cm³/mol. The third kappa shape index (κ3) is 6.15. The summed E-state index contributed by atoms with van der Waals surface area (Å²) in [4.78, 5) is 21.3. The number of fused-ring (bicyclic) bond motifs is 3. The maximum atomic E-state index is 13.6. The average Bonchev–Trinajstić information content (AvgIpc) is 3.37. The lowest BCUT2D eigenvalue weighted by Gasteiger charge is -2.35. The van der Waals surface area contributed by atoms with Crippen LogP contribution in [0.25, 0.3) is 10.9 Å². The number of nitrogens with zero attached hydrogens (tertiary/aromatic N) is 2. The first-order valence-corrected chi connectivity index (χ1v) is 14.4. The Morgan fingerprint density at radius 3 is 2.61 bits per heavy atom. The molecule has 0 saturated carbocycles. The zero-order valence-electron chi connectivity index (χ0n) is 23.1. The van der Waals surface area contributed by atoms with Crippen LogP contribution in [0.15, 0.2) is 66.7 Å². The Hall–Kier alpha value is -3.72. The van der Waals surface area contributed by atoms with E-state index in [1.165, 1.54) is 5.56 Å². The van der Waals surface area contributed by atoms with Crippen LogP contribution >= 0.6 is 11.6 Å². The van der Waals surface area contributed by atoms with Crippen LogP contribution in [0.5, 0.6) is 17.2 Å². The Morgan fingerprint density at radius 1 is 1.00 bits per heavy atom. The number of aromatic amines is 1. The number of morpholine rings is 1. The predicted octanol–water partition coefficient (Wildman–Crippen LogP) is 6.08. The van der Waals surface area contributed by atoms with E-state index in [0.717, 1.165) is 67.2 Å². The number of carbonyl (C=O) groups excluding carboxylic acids is 1. The van der Waals surface area contributed by atoms with Gasteiger partial charge < -0.3 is 23.9 Å². The number of amides is 1. The highest BCUT2D eigenvalue weighted by atomic mass is 35.5. The largest absolute Gasteiger partial charge is 0.497 e. The van der Waals surface area contributed by atoms with Crippen molar-refractivity contribution >= 4 is 28.6 Å². The highest BCUT2D eigenvalue weighted by Gasteiger charge is 2.36. The summed E-state index contributed by atoms with van der Waals surface area (Å²) in [6.07, 6.45) is 1.22. The van der Waals surface area contributed by atoms with Crippen molar-refractivity contribution in [1.82, 2.24) is 14.8 Å². The van der Waals surface area contributed by atoms with E-state index < -0.39 is 6.09 Å². The second kappa shape index (κ2) is 12.4. The third-order valence-electron chi connectivity index (χ3n) is 7.76. The number of nitrogens with one attached hydrogen (secondary N) is 1. The summed E-state index contributed by atoms with van der Waals surface area (Å²) < 4.78 is 22.6. The molecule has 1 atom stereocenters. The van der Waals surface area contributed by atoms with Gasteiger partial charge in [0.2, 0.25) is 0 Å².